The topological polar surface area (TPSA) is 84.7 Å². The Hall–Kier alpha value is -1.14. The summed E-state index contributed by atoms with van der Waals surface area (Å²) in [6.45, 7) is 2.52. The molecule has 3 N–H and O–H groups in total. The summed E-state index contributed by atoms with van der Waals surface area (Å²) in [4.78, 5) is 25.6. The number of amides is 2. The van der Waals surface area contributed by atoms with Gasteiger partial charge in [-0.2, -0.15) is 0 Å². The highest BCUT2D eigenvalue weighted by Gasteiger charge is 2.27. The lowest BCUT2D eigenvalue weighted by atomic mass is 10.0. The maximum Gasteiger partial charge on any atom is 0.248 e. The molecule has 120 valence electrons. The van der Waals surface area contributed by atoms with Crippen molar-refractivity contribution in [1.82, 2.24) is 10.2 Å². The van der Waals surface area contributed by atoms with Crippen molar-refractivity contribution in [2.24, 2.45) is 11.7 Å². The zero-order valence-electron chi connectivity index (χ0n) is 12.7. The molecule has 1 heterocycles. The normalized spacial score (nSPS) is 22.1. The van der Waals surface area contributed by atoms with Crippen LogP contribution in [0.4, 0.5) is 0 Å². The van der Waals surface area contributed by atoms with Crippen molar-refractivity contribution in [3.05, 3.63) is 0 Å². The molecule has 21 heavy (non-hydrogen) atoms. The van der Waals surface area contributed by atoms with Crippen LogP contribution < -0.4 is 11.1 Å². The lowest BCUT2D eigenvalue weighted by molar-refractivity contribution is -0.140. The van der Waals surface area contributed by atoms with E-state index in [9.17, 15) is 9.59 Å². The van der Waals surface area contributed by atoms with E-state index in [0.29, 0.717) is 32.0 Å². The van der Waals surface area contributed by atoms with Gasteiger partial charge in [0.05, 0.1) is 6.61 Å². The van der Waals surface area contributed by atoms with E-state index in [0.717, 1.165) is 25.8 Å². The molecule has 1 aliphatic carbocycles. The zero-order chi connectivity index (χ0) is 15.1. The van der Waals surface area contributed by atoms with E-state index in [2.05, 4.69) is 5.32 Å². The summed E-state index contributed by atoms with van der Waals surface area (Å²) in [5, 5.41) is 2.87. The van der Waals surface area contributed by atoms with Gasteiger partial charge in [0.1, 0.15) is 6.61 Å². The molecule has 1 saturated heterocycles. The zero-order valence-corrected chi connectivity index (χ0v) is 12.7. The van der Waals surface area contributed by atoms with Crippen LogP contribution in [0.5, 0.6) is 0 Å². The number of carbonyl (C=O) groups excluding carboxylic acids is 2. The van der Waals surface area contributed by atoms with Gasteiger partial charge in [0, 0.05) is 32.1 Å². The minimum atomic E-state index is -0.0412. The van der Waals surface area contributed by atoms with E-state index < -0.39 is 0 Å². The number of carbonyl (C=O) groups is 2. The molecule has 2 rings (SSSR count). The van der Waals surface area contributed by atoms with Gasteiger partial charge >= 0.3 is 0 Å². The van der Waals surface area contributed by atoms with E-state index in [4.69, 9.17) is 10.5 Å². The highest BCUT2D eigenvalue weighted by molar-refractivity contribution is 5.78. The van der Waals surface area contributed by atoms with E-state index in [1.807, 2.05) is 4.90 Å². The molecule has 1 aliphatic heterocycles. The highest BCUT2D eigenvalue weighted by Crippen LogP contribution is 2.28. The van der Waals surface area contributed by atoms with E-state index in [1.165, 1.54) is 12.8 Å². The van der Waals surface area contributed by atoms with Crippen LogP contribution in [0.25, 0.3) is 0 Å². The van der Waals surface area contributed by atoms with Crippen LogP contribution >= 0.6 is 0 Å². The first kappa shape index (κ1) is 16.2. The maximum atomic E-state index is 12.2. The number of rotatable bonds is 8. The number of nitrogens with two attached hydrogens (primary N) is 1. The molecule has 2 aliphatic rings. The first-order valence-electron chi connectivity index (χ1n) is 8.04. The summed E-state index contributed by atoms with van der Waals surface area (Å²) >= 11 is 0. The molecule has 6 heteroatoms. The quantitative estimate of drug-likeness (QED) is 0.673. The summed E-state index contributed by atoms with van der Waals surface area (Å²) < 4.78 is 5.49. The molecule has 6 nitrogen and oxygen atoms in total. The average Bonchev–Trinajstić information content (AvgIpc) is 3.30. The van der Waals surface area contributed by atoms with E-state index in [-0.39, 0.29) is 24.5 Å². The van der Waals surface area contributed by atoms with Crippen molar-refractivity contribution in [3.63, 3.8) is 0 Å². The van der Waals surface area contributed by atoms with Crippen LogP contribution in [-0.4, -0.2) is 55.6 Å². The Morgan fingerprint density at radius 3 is 2.76 bits per heavy atom. The van der Waals surface area contributed by atoms with Gasteiger partial charge in [-0.05, 0) is 38.0 Å². The second kappa shape index (κ2) is 8.34. The molecule has 0 bridgehead atoms. The molecule has 0 radical (unpaired) electrons. The van der Waals surface area contributed by atoms with Crippen molar-refractivity contribution in [3.8, 4) is 0 Å². The summed E-state index contributed by atoms with van der Waals surface area (Å²) in [6.07, 6.45) is 5.87. The van der Waals surface area contributed by atoms with Gasteiger partial charge in [-0.3, -0.25) is 9.59 Å². The summed E-state index contributed by atoms with van der Waals surface area (Å²) in [6, 6.07) is 0.0949. The molecule has 2 fully saturated rings. The number of piperidine rings is 1. The lowest BCUT2D eigenvalue weighted by Gasteiger charge is -2.35. The fourth-order valence-electron chi connectivity index (χ4n) is 2.67. The molecule has 0 aromatic rings. The van der Waals surface area contributed by atoms with E-state index >= 15 is 0 Å². The minimum Gasteiger partial charge on any atom is -0.371 e. The van der Waals surface area contributed by atoms with Gasteiger partial charge < -0.3 is 20.7 Å². The van der Waals surface area contributed by atoms with Gasteiger partial charge in [0.25, 0.3) is 0 Å². The summed E-state index contributed by atoms with van der Waals surface area (Å²) in [5.41, 5.74) is 5.36. The molecular formula is C15H27N3O3. The lowest BCUT2D eigenvalue weighted by Crippen LogP contribution is -2.50. The molecule has 0 spiro atoms. The predicted octanol–water partition coefficient (Wildman–Crippen LogP) is 0.259. The Balaban J connectivity index is 1.73. The Morgan fingerprint density at radius 1 is 1.24 bits per heavy atom. The van der Waals surface area contributed by atoms with Crippen LogP contribution in [0.1, 0.15) is 38.5 Å². The first-order valence-corrected chi connectivity index (χ1v) is 8.04. The molecule has 2 amide bonds. The molecular weight excluding hydrogens is 270 g/mol. The van der Waals surface area contributed by atoms with Gasteiger partial charge in [-0.1, -0.05) is 0 Å². The number of nitrogens with one attached hydrogen (secondary N) is 1. The molecule has 1 saturated carbocycles. The van der Waals surface area contributed by atoms with Crippen LogP contribution in [0.2, 0.25) is 0 Å². The van der Waals surface area contributed by atoms with Crippen molar-refractivity contribution < 1.29 is 14.3 Å². The average molecular weight is 297 g/mol. The van der Waals surface area contributed by atoms with Gasteiger partial charge in [-0.15, -0.1) is 0 Å². The Labute approximate surface area is 126 Å². The summed E-state index contributed by atoms with van der Waals surface area (Å²) in [7, 11) is 0. The smallest absolute Gasteiger partial charge is 0.248 e. The number of likely N-dealkylation sites (tertiary alicyclic amines) is 1. The molecule has 1 unspecified atom stereocenters. The van der Waals surface area contributed by atoms with Crippen LogP contribution in [0.15, 0.2) is 0 Å². The van der Waals surface area contributed by atoms with Crippen molar-refractivity contribution >= 4 is 11.8 Å². The first-order chi connectivity index (χ1) is 10.2. The van der Waals surface area contributed by atoms with Crippen LogP contribution in [0, 0.1) is 5.92 Å². The third kappa shape index (κ3) is 5.63. The van der Waals surface area contributed by atoms with Crippen molar-refractivity contribution in [2.45, 2.75) is 44.6 Å². The van der Waals surface area contributed by atoms with Crippen LogP contribution in [-0.2, 0) is 14.3 Å². The summed E-state index contributed by atoms with van der Waals surface area (Å²) in [5.74, 6) is 0.680. The van der Waals surface area contributed by atoms with Gasteiger partial charge in [0.15, 0.2) is 0 Å². The second-order valence-corrected chi connectivity index (χ2v) is 6.04. The Kier molecular flexibility index (Phi) is 6.45. The Morgan fingerprint density at radius 2 is 2.05 bits per heavy atom. The maximum absolute atomic E-state index is 12.2. The standard InChI is InChI=1S/C15H27N3O3/c16-7-6-14(19)17-9-13-3-1-2-8-18(13)15(20)11-21-10-12-4-5-12/h12-13H,1-11,16H2,(H,17,19). The predicted molar refractivity (Wildman–Crippen MR) is 79.6 cm³/mol. The monoisotopic (exact) mass is 297 g/mol. The number of hydrogen-bond acceptors (Lipinski definition) is 4. The van der Waals surface area contributed by atoms with Crippen LogP contribution in [0.3, 0.4) is 0 Å². The van der Waals surface area contributed by atoms with E-state index in [1.54, 1.807) is 0 Å². The molecule has 0 aromatic carbocycles. The minimum absolute atomic E-state index is 0.0412. The second-order valence-electron chi connectivity index (χ2n) is 6.04. The molecule has 1 atom stereocenters. The number of nitrogens with zero attached hydrogens (tertiary/aromatic N) is 1. The SMILES string of the molecule is NCCC(=O)NCC1CCCCN1C(=O)COCC1CC1. The number of ether oxygens (including phenoxy) is 1. The van der Waals surface area contributed by atoms with Gasteiger partial charge in [0.2, 0.25) is 11.8 Å². The van der Waals surface area contributed by atoms with Crippen molar-refractivity contribution in [2.75, 3.05) is 32.8 Å². The third-order valence-electron chi connectivity index (χ3n) is 4.13. The molecule has 0 aromatic heterocycles. The number of hydrogen-bond donors (Lipinski definition) is 2. The largest absolute Gasteiger partial charge is 0.371 e. The Bertz CT molecular complexity index is 358. The fourth-order valence-corrected chi connectivity index (χ4v) is 2.67. The van der Waals surface area contributed by atoms with Gasteiger partial charge in [-0.25, -0.2) is 0 Å². The fraction of sp³-hybridized carbons (Fsp3) is 0.867. The van der Waals surface area contributed by atoms with Crippen molar-refractivity contribution in [1.29, 1.82) is 0 Å². The highest BCUT2D eigenvalue weighted by atomic mass is 16.5. The third-order valence-corrected chi connectivity index (χ3v) is 4.13.